The molecule has 6 heteroatoms. The Morgan fingerprint density at radius 3 is 0.899 bits per heavy atom. The third-order valence-corrected chi connectivity index (χ3v) is 12.1. The quantitative estimate of drug-likeness (QED) is 0.0262. The van der Waals surface area contributed by atoms with E-state index in [2.05, 4.69) is 118 Å². The first-order valence-corrected chi connectivity index (χ1v) is 28.7. The maximum absolute atomic E-state index is 12.9. The van der Waals surface area contributed by atoms with Crippen LogP contribution in [0, 0.1) is 0 Å². The Morgan fingerprint density at radius 2 is 0.565 bits per heavy atom. The molecular weight excluding hydrogens is 853 g/mol. The van der Waals surface area contributed by atoms with Crippen molar-refractivity contribution >= 4 is 17.9 Å². The molecule has 0 saturated carbocycles. The van der Waals surface area contributed by atoms with E-state index in [-0.39, 0.29) is 31.1 Å². The van der Waals surface area contributed by atoms with Crippen LogP contribution in [0.15, 0.2) is 97.2 Å². The van der Waals surface area contributed by atoms with E-state index in [1.807, 2.05) is 0 Å². The number of rotatable bonds is 51. The summed E-state index contributed by atoms with van der Waals surface area (Å²) >= 11 is 0. The lowest BCUT2D eigenvalue weighted by Gasteiger charge is -2.18. The lowest BCUT2D eigenvalue weighted by atomic mass is 10.1. The van der Waals surface area contributed by atoms with Crippen LogP contribution in [0.25, 0.3) is 0 Å². The van der Waals surface area contributed by atoms with Crippen LogP contribution in [0.1, 0.15) is 265 Å². The molecule has 0 heterocycles. The van der Waals surface area contributed by atoms with E-state index in [9.17, 15) is 14.4 Å². The highest BCUT2D eigenvalue weighted by atomic mass is 16.6. The van der Waals surface area contributed by atoms with Crippen LogP contribution in [0.4, 0.5) is 0 Å². The minimum atomic E-state index is -0.800. The molecule has 0 aromatic carbocycles. The second-order valence-electron chi connectivity index (χ2n) is 18.8. The molecule has 0 amide bonds. The monoisotopic (exact) mass is 959 g/mol. The van der Waals surface area contributed by atoms with Gasteiger partial charge in [0, 0.05) is 19.3 Å². The Hall–Kier alpha value is -3.67. The summed E-state index contributed by atoms with van der Waals surface area (Å²) in [6.45, 7) is 6.38. The molecule has 0 N–H and O–H groups in total. The number of ether oxygens (including phenoxy) is 3. The highest BCUT2D eigenvalue weighted by molar-refractivity contribution is 5.71. The van der Waals surface area contributed by atoms with Gasteiger partial charge in [0.25, 0.3) is 0 Å². The Kier molecular flexibility index (Phi) is 53.9. The van der Waals surface area contributed by atoms with E-state index < -0.39 is 6.10 Å². The van der Waals surface area contributed by atoms with Gasteiger partial charge in [-0.05, 0) is 116 Å². The lowest BCUT2D eigenvalue weighted by molar-refractivity contribution is -0.167. The van der Waals surface area contributed by atoms with Gasteiger partial charge in [0.15, 0.2) is 6.10 Å². The molecule has 0 aliphatic heterocycles. The number of hydrogen-bond donors (Lipinski definition) is 0. The SMILES string of the molecule is CC/C=C\C/C=C\C/C=C\C/C=C\CCCCCCC(=O)OC(COC(=O)CCCCCCC/C=C\C/C=C\C/C=C\CC)COC(=O)CCCCCCCCCCC/C=C\CCCCCCCC. The number of unbranched alkanes of at least 4 members (excludes halogenated alkanes) is 24. The topological polar surface area (TPSA) is 78.9 Å². The van der Waals surface area contributed by atoms with E-state index >= 15 is 0 Å². The maximum atomic E-state index is 12.9. The van der Waals surface area contributed by atoms with Crippen molar-refractivity contribution in [3.05, 3.63) is 97.2 Å². The highest BCUT2D eigenvalue weighted by Gasteiger charge is 2.19. The summed E-state index contributed by atoms with van der Waals surface area (Å²) in [5.41, 5.74) is 0. The third-order valence-electron chi connectivity index (χ3n) is 12.1. The summed E-state index contributed by atoms with van der Waals surface area (Å²) in [7, 11) is 0. The van der Waals surface area contributed by atoms with Crippen LogP contribution in [0.3, 0.4) is 0 Å². The first-order chi connectivity index (χ1) is 34.0. The summed E-state index contributed by atoms with van der Waals surface area (Å²) < 4.78 is 16.8. The predicted octanol–water partition coefficient (Wildman–Crippen LogP) is 19.3. The normalized spacial score (nSPS) is 12.8. The van der Waals surface area contributed by atoms with Gasteiger partial charge >= 0.3 is 17.9 Å². The molecule has 1 unspecified atom stereocenters. The third kappa shape index (κ3) is 55.1. The van der Waals surface area contributed by atoms with Crippen molar-refractivity contribution in [2.24, 2.45) is 0 Å². The zero-order valence-corrected chi connectivity index (χ0v) is 45.0. The Morgan fingerprint density at radius 1 is 0.304 bits per heavy atom. The molecule has 0 aliphatic rings. The van der Waals surface area contributed by atoms with Crippen molar-refractivity contribution in [2.45, 2.75) is 271 Å². The molecule has 0 spiro atoms. The van der Waals surface area contributed by atoms with Crippen molar-refractivity contribution < 1.29 is 28.6 Å². The molecule has 0 aromatic rings. The van der Waals surface area contributed by atoms with Crippen LogP contribution >= 0.6 is 0 Å². The zero-order chi connectivity index (χ0) is 50.0. The van der Waals surface area contributed by atoms with E-state index in [0.29, 0.717) is 19.3 Å². The van der Waals surface area contributed by atoms with Crippen molar-refractivity contribution in [2.75, 3.05) is 13.2 Å². The second-order valence-corrected chi connectivity index (χ2v) is 18.8. The standard InChI is InChI=1S/C63H106O6/c1-4-7-10-13-16-19-22-25-28-30-31-33-35-38-41-44-47-50-53-56-62(65)68-59-60(58-67-61(64)55-52-49-46-43-40-37-34-27-24-21-18-15-12-9-6-3)69-63(66)57-54-51-48-45-42-39-36-32-29-26-23-20-17-14-11-8-5-2/h8-9,11-12,17-18,20-21,25-29,34,36,39,60H,4-7,10,13-16,19,22-24,30-33,35,37-38,40-59H2,1-3H3/b11-8-,12-9-,20-17-,21-18-,28-25-,29-26-,34-27-,39-36-. The number of allylic oxidation sites excluding steroid dienone is 16. The van der Waals surface area contributed by atoms with Gasteiger partial charge in [0.2, 0.25) is 0 Å². The van der Waals surface area contributed by atoms with E-state index in [4.69, 9.17) is 14.2 Å². The highest BCUT2D eigenvalue weighted by Crippen LogP contribution is 2.15. The molecule has 0 aliphatic carbocycles. The Labute approximate surface area is 426 Å². The first-order valence-electron chi connectivity index (χ1n) is 28.7. The van der Waals surface area contributed by atoms with Crippen LogP contribution in [-0.4, -0.2) is 37.2 Å². The molecule has 0 fully saturated rings. The van der Waals surface area contributed by atoms with Gasteiger partial charge < -0.3 is 14.2 Å². The number of hydrogen-bond acceptors (Lipinski definition) is 6. The molecule has 394 valence electrons. The minimum absolute atomic E-state index is 0.0946. The zero-order valence-electron chi connectivity index (χ0n) is 45.0. The van der Waals surface area contributed by atoms with E-state index in [1.54, 1.807) is 0 Å². The van der Waals surface area contributed by atoms with Crippen LogP contribution in [0.5, 0.6) is 0 Å². The van der Waals surface area contributed by atoms with Gasteiger partial charge in [-0.25, -0.2) is 0 Å². The van der Waals surface area contributed by atoms with Gasteiger partial charge in [0.1, 0.15) is 13.2 Å². The summed E-state index contributed by atoms with van der Waals surface area (Å²) in [5.74, 6) is -0.935. The molecule has 0 radical (unpaired) electrons. The van der Waals surface area contributed by atoms with Gasteiger partial charge in [-0.2, -0.15) is 0 Å². The van der Waals surface area contributed by atoms with E-state index in [1.165, 1.54) is 89.9 Å². The second kappa shape index (κ2) is 56.9. The van der Waals surface area contributed by atoms with Crippen molar-refractivity contribution in [3.63, 3.8) is 0 Å². The van der Waals surface area contributed by atoms with Gasteiger partial charge in [-0.1, -0.05) is 227 Å². The number of esters is 3. The molecule has 0 bridgehead atoms. The molecule has 0 rings (SSSR count). The van der Waals surface area contributed by atoms with Gasteiger partial charge in [-0.3, -0.25) is 14.4 Å². The average Bonchev–Trinajstić information content (AvgIpc) is 3.35. The number of carbonyl (C=O) groups is 3. The average molecular weight is 960 g/mol. The first kappa shape index (κ1) is 65.3. The molecule has 69 heavy (non-hydrogen) atoms. The summed E-state index contributed by atoms with van der Waals surface area (Å²) in [4.78, 5) is 38.2. The molecule has 0 saturated heterocycles. The fourth-order valence-corrected chi connectivity index (χ4v) is 7.80. The molecule has 0 aromatic heterocycles. The fourth-order valence-electron chi connectivity index (χ4n) is 7.80. The maximum Gasteiger partial charge on any atom is 0.306 e. The molecule has 1 atom stereocenters. The van der Waals surface area contributed by atoms with Crippen LogP contribution in [0.2, 0.25) is 0 Å². The van der Waals surface area contributed by atoms with Crippen molar-refractivity contribution in [1.82, 2.24) is 0 Å². The smallest absolute Gasteiger partial charge is 0.306 e. The van der Waals surface area contributed by atoms with Crippen LogP contribution in [-0.2, 0) is 28.6 Å². The van der Waals surface area contributed by atoms with Crippen molar-refractivity contribution in [1.29, 1.82) is 0 Å². The summed E-state index contributed by atoms with van der Waals surface area (Å²) in [5, 5.41) is 0. The van der Waals surface area contributed by atoms with Gasteiger partial charge in [-0.15, -0.1) is 0 Å². The van der Waals surface area contributed by atoms with Crippen LogP contribution < -0.4 is 0 Å². The van der Waals surface area contributed by atoms with E-state index in [0.717, 1.165) is 135 Å². The summed E-state index contributed by atoms with van der Waals surface area (Å²) in [6.07, 6.45) is 75.4. The lowest BCUT2D eigenvalue weighted by Crippen LogP contribution is -2.30. The summed E-state index contributed by atoms with van der Waals surface area (Å²) in [6, 6.07) is 0. The van der Waals surface area contributed by atoms with Gasteiger partial charge in [0.05, 0.1) is 0 Å². The molecular formula is C63H106O6. The Bertz CT molecular complexity index is 1380. The largest absolute Gasteiger partial charge is 0.462 e. The molecule has 6 nitrogen and oxygen atoms in total. The minimum Gasteiger partial charge on any atom is -0.462 e. The fraction of sp³-hybridized carbons (Fsp3) is 0.698. The predicted molar refractivity (Wildman–Crippen MR) is 297 cm³/mol. The van der Waals surface area contributed by atoms with Crippen molar-refractivity contribution in [3.8, 4) is 0 Å². The Balaban J connectivity index is 4.44. The number of carbonyl (C=O) groups excluding carboxylic acids is 3.